The Balaban J connectivity index is 2.46. The van der Waals surface area contributed by atoms with Crippen LogP contribution < -0.4 is 10.2 Å². The summed E-state index contributed by atoms with van der Waals surface area (Å²) in [6, 6.07) is 0. The predicted molar refractivity (Wildman–Crippen MR) is 66.7 cm³/mol. The molecule has 0 aliphatic rings. The van der Waals surface area contributed by atoms with Crippen molar-refractivity contribution in [3.8, 4) is 0 Å². The van der Waals surface area contributed by atoms with Crippen LogP contribution in [0.3, 0.4) is 0 Å². The van der Waals surface area contributed by atoms with E-state index in [0.717, 1.165) is 24.8 Å². The molecule has 1 N–H and O–H groups in total. The molecule has 1 aromatic rings. The number of rotatable bonds is 6. The summed E-state index contributed by atoms with van der Waals surface area (Å²) in [6.45, 7) is 2.97. The molecule has 0 spiro atoms. The maximum Gasteiger partial charge on any atom is 0.185 e. The molecule has 0 amide bonds. The van der Waals surface area contributed by atoms with E-state index in [0.29, 0.717) is 0 Å². The summed E-state index contributed by atoms with van der Waals surface area (Å²) in [5, 5.41) is 4.23. The van der Waals surface area contributed by atoms with Crippen molar-refractivity contribution in [2.24, 2.45) is 0 Å². The highest BCUT2D eigenvalue weighted by Gasteiger charge is 2.06. The SMILES string of the molecule is CNCc1cnc(N(C)CCN(C)C)s1. The van der Waals surface area contributed by atoms with Gasteiger partial charge in [0.1, 0.15) is 0 Å². The Labute approximate surface area is 95.9 Å². The number of nitrogens with one attached hydrogen (secondary N) is 1. The lowest BCUT2D eigenvalue weighted by Crippen LogP contribution is -2.28. The summed E-state index contributed by atoms with van der Waals surface area (Å²) < 4.78 is 0. The minimum atomic E-state index is 0.902. The van der Waals surface area contributed by atoms with E-state index < -0.39 is 0 Å². The first-order valence-corrected chi connectivity index (χ1v) is 5.90. The first-order valence-electron chi connectivity index (χ1n) is 5.08. The van der Waals surface area contributed by atoms with Crippen LogP contribution in [0.2, 0.25) is 0 Å². The molecular formula is C10H20N4S. The molecule has 0 saturated heterocycles. The number of anilines is 1. The van der Waals surface area contributed by atoms with Gasteiger partial charge in [-0.1, -0.05) is 0 Å². The lowest BCUT2D eigenvalue weighted by molar-refractivity contribution is 0.416. The van der Waals surface area contributed by atoms with Gasteiger partial charge in [-0.05, 0) is 21.1 Å². The van der Waals surface area contributed by atoms with E-state index in [1.165, 1.54) is 4.88 Å². The molecule has 0 aliphatic heterocycles. The Morgan fingerprint density at radius 2 is 2.07 bits per heavy atom. The summed E-state index contributed by atoms with van der Waals surface area (Å²) in [6.07, 6.45) is 1.95. The summed E-state index contributed by atoms with van der Waals surface area (Å²) >= 11 is 1.75. The van der Waals surface area contributed by atoms with Crippen LogP contribution in [0.25, 0.3) is 0 Å². The van der Waals surface area contributed by atoms with Crippen LogP contribution in [0, 0.1) is 0 Å². The number of hydrogen-bond donors (Lipinski definition) is 1. The topological polar surface area (TPSA) is 31.4 Å². The fourth-order valence-electron chi connectivity index (χ4n) is 1.18. The molecule has 5 heteroatoms. The number of hydrogen-bond acceptors (Lipinski definition) is 5. The molecule has 1 rings (SSSR count). The van der Waals surface area contributed by atoms with Crippen molar-refractivity contribution in [1.29, 1.82) is 0 Å². The summed E-state index contributed by atoms with van der Waals surface area (Å²) in [5.74, 6) is 0. The van der Waals surface area contributed by atoms with E-state index in [9.17, 15) is 0 Å². The second-order valence-electron chi connectivity index (χ2n) is 3.86. The molecular weight excluding hydrogens is 208 g/mol. The zero-order chi connectivity index (χ0) is 11.3. The maximum absolute atomic E-state index is 4.40. The molecule has 1 heterocycles. The fourth-order valence-corrected chi connectivity index (χ4v) is 2.08. The molecule has 0 unspecified atom stereocenters. The number of likely N-dealkylation sites (N-methyl/N-ethyl adjacent to an activating group) is 2. The van der Waals surface area contributed by atoms with E-state index in [1.807, 2.05) is 13.2 Å². The highest BCUT2D eigenvalue weighted by molar-refractivity contribution is 7.15. The lowest BCUT2D eigenvalue weighted by atomic mass is 10.5. The van der Waals surface area contributed by atoms with Crippen molar-refractivity contribution < 1.29 is 0 Å². The van der Waals surface area contributed by atoms with Crippen molar-refractivity contribution in [2.75, 3.05) is 46.2 Å². The fraction of sp³-hybridized carbons (Fsp3) is 0.700. The third kappa shape index (κ3) is 4.15. The zero-order valence-electron chi connectivity index (χ0n) is 9.95. The van der Waals surface area contributed by atoms with Crippen molar-refractivity contribution in [3.05, 3.63) is 11.1 Å². The van der Waals surface area contributed by atoms with E-state index in [4.69, 9.17) is 0 Å². The number of nitrogens with zero attached hydrogens (tertiary/aromatic N) is 3. The van der Waals surface area contributed by atoms with Gasteiger partial charge in [-0.25, -0.2) is 4.98 Å². The van der Waals surface area contributed by atoms with E-state index in [1.54, 1.807) is 11.3 Å². The smallest absolute Gasteiger partial charge is 0.185 e. The molecule has 0 saturated carbocycles. The molecule has 0 atom stereocenters. The van der Waals surface area contributed by atoms with Gasteiger partial charge in [0.25, 0.3) is 0 Å². The minimum Gasteiger partial charge on any atom is -0.350 e. The van der Waals surface area contributed by atoms with Gasteiger partial charge in [0.2, 0.25) is 0 Å². The number of aromatic nitrogens is 1. The summed E-state index contributed by atoms with van der Waals surface area (Å²) in [4.78, 5) is 10.1. The van der Waals surface area contributed by atoms with Crippen molar-refractivity contribution in [1.82, 2.24) is 15.2 Å². The average Bonchev–Trinajstić information content (AvgIpc) is 2.63. The molecule has 86 valence electrons. The van der Waals surface area contributed by atoms with Crippen molar-refractivity contribution >= 4 is 16.5 Å². The Bertz CT molecular complexity index is 285. The van der Waals surface area contributed by atoms with Gasteiger partial charge in [0.15, 0.2) is 5.13 Å². The van der Waals surface area contributed by atoms with Crippen LogP contribution in [0.5, 0.6) is 0 Å². The highest BCUT2D eigenvalue weighted by atomic mass is 32.1. The standard InChI is InChI=1S/C10H20N4S/c1-11-7-9-8-12-10(15-9)14(4)6-5-13(2)3/h8,11H,5-7H2,1-4H3. The van der Waals surface area contributed by atoms with Crippen molar-refractivity contribution in [2.45, 2.75) is 6.54 Å². The molecule has 0 fully saturated rings. The third-order valence-corrected chi connectivity index (χ3v) is 3.21. The van der Waals surface area contributed by atoms with Gasteiger partial charge in [-0.3, -0.25) is 0 Å². The van der Waals surface area contributed by atoms with Gasteiger partial charge in [-0.15, -0.1) is 11.3 Å². The molecule has 0 aliphatic carbocycles. The Morgan fingerprint density at radius 3 is 2.67 bits per heavy atom. The normalized spacial score (nSPS) is 11.0. The largest absolute Gasteiger partial charge is 0.350 e. The molecule has 1 aromatic heterocycles. The average molecular weight is 228 g/mol. The molecule has 0 bridgehead atoms. The van der Waals surface area contributed by atoms with Gasteiger partial charge < -0.3 is 15.1 Å². The zero-order valence-corrected chi connectivity index (χ0v) is 10.8. The van der Waals surface area contributed by atoms with Crippen LogP contribution in [0.4, 0.5) is 5.13 Å². The van der Waals surface area contributed by atoms with Crippen LogP contribution in [0.1, 0.15) is 4.88 Å². The van der Waals surface area contributed by atoms with Crippen molar-refractivity contribution in [3.63, 3.8) is 0 Å². The van der Waals surface area contributed by atoms with Crippen LogP contribution in [-0.4, -0.2) is 51.2 Å². The second kappa shape index (κ2) is 6.05. The second-order valence-corrected chi connectivity index (χ2v) is 4.96. The van der Waals surface area contributed by atoms with Crippen LogP contribution >= 0.6 is 11.3 Å². The quantitative estimate of drug-likeness (QED) is 0.782. The lowest BCUT2D eigenvalue weighted by Gasteiger charge is -2.18. The molecule has 4 nitrogen and oxygen atoms in total. The van der Waals surface area contributed by atoms with Crippen LogP contribution in [-0.2, 0) is 6.54 Å². The van der Waals surface area contributed by atoms with E-state index in [2.05, 4.69) is 41.2 Å². The van der Waals surface area contributed by atoms with Gasteiger partial charge >= 0.3 is 0 Å². The first kappa shape index (κ1) is 12.4. The minimum absolute atomic E-state index is 0.902. The Morgan fingerprint density at radius 1 is 1.33 bits per heavy atom. The van der Waals surface area contributed by atoms with Gasteiger partial charge in [0.05, 0.1) is 0 Å². The first-order chi connectivity index (χ1) is 7.13. The van der Waals surface area contributed by atoms with E-state index >= 15 is 0 Å². The predicted octanol–water partition coefficient (Wildman–Crippen LogP) is 0.860. The maximum atomic E-state index is 4.40. The summed E-state index contributed by atoms with van der Waals surface area (Å²) in [5.41, 5.74) is 0. The summed E-state index contributed by atoms with van der Waals surface area (Å²) in [7, 11) is 8.21. The monoisotopic (exact) mass is 228 g/mol. The third-order valence-electron chi connectivity index (χ3n) is 2.10. The van der Waals surface area contributed by atoms with Crippen LogP contribution in [0.15, 0.2) is 6.20 Å². The van der Waals surface area contributed by atoms with Gasteiger partial charge in [0, 0.05) is 37.8 Å². The number of thiazole rings is 1. The van der Waals surface area contributed by atoms with E-state index in [-0.39, 0.29) is 0 Å². The Kier molecular flexibility index (Phi) is 5.01. The Hall–Kier alpha value is -0.650. The highest BCUT2D eigenvalue weighted by Crippen LogP contribution is 2.20. The molecule has 15 heavy (non-hydrogen) atoms. The molecule has 0 radical (unpaired) electrons. The molecule has 0 aromatic carbocycles. The van der Waals surface area contributed by atoms with Gasteiger partial charge in [-0.2, -0.15) is 0 Å².